The molecule has 94 valence electrons. The zero-order valence-electron chi connectivity index (χ0n) is 10.4. The van der Waals surface area contributed by atoms with Crippen LogP contribution in [0, 0.1) is 11.7 Å². The van der Waals surface area contributed by atoms with E-state index in [2.05, 4.69) is 17.6 Å². The quantitative estimate of drug-likeness (QED) is 0.839. The number of rotatable bonds is 4. The first-order valence-electron chi connectivity index (χ1n) is 6.45. The summed E-state index contributed by atoms with van der Waals surface area (Å²) in [6.07, 6.45) is 2.58. The maximum absolute atomic E-state index is 12.8. The summed E-state index contributed by atoms with van der Waals surface area (Å²) in [5.41, 5.74) is 1.15. The van der Waals surface area contributed by atoms with Crippen molar-refractivity contribution < 1.29 is 4.39 Å². The minimum Gasteiger partial charge on any atom is -0.316 e. The molecular formula is C14H21FN2. The van der Waals surface area contributed by atoms with Crippen molar-refractivity contribution in [3.05, 3.63) is 35.6 Å². The van der Waals surface area contributed by atoms with Crippen molar-refractivity contribution in [2.75, 3.05) is 19.6 Å². The van der Waals surface area contributed by atoms with E-state index in [0.717, 1.165) is 31.1 Å². The van der Waals surface area contributed by atoms with E-state index in [4.69, 9.17) is 0 Å². The third kappa shape index (κ3) is 3.79. The van der Waals surface area contributed by atoms with Crippen molar-refractivity contribution >= 4 is 0 Å². The highest BCUT2D eigenvalue weighted by molar-refractivity contribution is 5.19. The molecule has 2 nitrogen and oxygen atoms in total. The van der Waals surface area contributed by atoms with Gasteiger partial charge in [0, 0.05) is 6.04 Å². The standard InChI is InChI=1S/C14H21FN2/c1-11(13-4-6-14(15)7-5-13)17-10-12-3-2-8-16-9-12/h4-7,11-12,16-17H,2-3,8-10H2,1H3/t11-,12-/m1/s1. The first-order valence-corrected chi connectivity index (χ1v) is 6.45. The summed E-state index contributed by atoms with van der Waals surface area (Å²) in [7, 11) is 0. The van der Waals surface area contributed by atoms with Crippen LogP contribution in [0.5, 0.6) is 0 Å². The Kier molecular flexibility index (Phi) is 4.51. The molecule has 0 aliphatic carbocycles. The van der Waals surface area contributed by atoms with Gasteiger partial charge in [0.15, 0.2) is 0 Å². The molecule has 2 atom stereocenters. The van der Waals surface area contributed by atoms with Crippen LogP contribution in [0.25, 0.3) is 0 Å². The van der Waals surface area contributed by atoms with Crippen LogP contribution in [-0.2, 0) is 0 Å². The van der Waals surface area contributed by atoms with Crippen LogP contribution in [0.2, 0.25) is 0 Å². The van der Waals surface area contributed by atoms with Crippen LogP contribution in [-0.4, -0.2) is 19.6 Å². The van der Waals surface area contributed by atoms with E-state index in [-0.39, 0.29) is 11.9 Å². The number of benzene rings is 1. The van der Waals surface area contributed by atoms with Crippen molar-refractivity contribution in [1.29, 1.82) is 0 Å². The summed E-state index contributed by atoms with van der Waals surface area (Å²) in [6, 6.07) is 7.04. The smallest absolute Gasteiger partial charge is 0.123 e. The Morgan fingerprint density at radius 1 is 1.41 bits per heavy atom. The van der Waals surface area contributed by atoms with Gasteiger partial charge < -0.3 is 10.6 Å². The molecule has 0 amide bonds. The van der Waals surface area contributed by atoms with Crippen molar-refractivity contribution in [2.24, 2.45) is 5.92 Å². The van der Waals surface area contributed by atoms with E-state index in [9.17, 15) is 4.39 Å². The molecule has 0 saturated carbocycles. The van der Waals surface area contributed by atoms with E-state index in [0.29, 0.717) is 0 Å². The van der Waals surface area contributed by atoms with Crippen LogP contribution < -0.4 is 10.6 Å². The molecule has 3 heteroatoms. The molecule has 0 unspecified atom stereocenters. The Labute approximate surface area is 103 Å². The molecule has 1 heterocycles. The largest absolute Gasteiger partial charge is 0.316 e. The number of halogens is 1. The predicted molar refractivity (Wildman–Crippen MR) is 68.4 cm³/mol. The first kappa shape index (κ1) is 12.5. The highest BCUT2D eigenvalue weighted by Crippen LogP contribution is 2.15. The zero-order valence-corrected chi connectivity index (χ0v) is 10.4. The minimum atomic E-state index is -0.169. The summed E-state index contributed by atoms with van der Waals surface area (Å²) in [5, 5.41) is 6.94. The van der Waals surface area contributed by atoms with E-state index >= 15 is 0 Å². The van der Waals surface area contributed by atoms with E-state index in [1.165, 1.54) is 25.0 Å². The van der Waals surface area contributed by atoms with Crippen LogP contribution >= 0.6 is 0 Å². The van der Waals surface area contributed by atoms with Crippen molar-refractivity contribution in [3.8, 4) is 0 Å². The number of nitrogens with one attached hydrogen (secondary N) is 2. The molecule has 0 radical (unpaired) electrons. The monoisotopic (exact) mass is 236 g/mol. The molecular weight excluding hydrogens is 215 g/mol. The molecule has 2 rings (SSSR count). The lowest BCUT2D eigenvalue weighted by Gasteiger charge is -2.25. The van der Waals surface area contributed by atoms with Gasteiger partial charge in [0.25, 0.3) is 0 Å². The summed E-state index contributed by atoms with van der Waals surface area (Å²) in [6.45, 7) is 5.43. The number of hydrogen-bond acceptors (Lipinski definition) is 2. The molecule has 1 aromatic carbocycles. The van der Waals surface area contributed by atoms with E-state index < -0.39 is 0 Å². The number of hydrogen-bond donors (Lipinski definition) is 2. The molecule has 2 N–H and O–H groups in total. The average Bonchev–Trinajstić information content (AvgIpc) is 2.38. The maximum atomic E-state index is 12.8. The third-order valence-corrected chi connectivity index (χ3v) is 3.48. The fourth-order valence-electron chi connectivity index (χ4n) is 2.31. The van der Waals surface area contributed by atoms with E-state index in [1.54, 1.807) is 0 Å². The van der Waals surface area contributed by atoms with Crippen molar-refractivity contribution in [2.45, 2.75) is 25.8 Å². The Bertz CT molecular complexity index is 331. The predicted octanol–water partition coefficient (Wildman–Crippen LogP) is 2.48. The summed E-state index contributed by atoms with van der Waals surface area (Å²) in [4.78, 5) is 0. The SMILES string of the molecule is C[C@@H](NC[C@@H]1CCCNC1)c1ccc(F)cc1. The molecule has 17 heavy (non-hydrogen) atoms. The zero-order chi connectivity index (χ0) is 12.1. The molecule has 1 aromatic rings. The second kappa shape index (κ2) is 6.12. The van der Waals surface area contributed by atoms with Gasteiger partial charge in [-0.25, -0.2) is 4.39 Å². The lowest BCUT2D eigenvalue weighted by molar-refractivity contribution is 0.348. The summed E-state index contributed by atoms with van der Waals surface area (Å²) < 4.78 is 12.8. The van der Waals surface area contributed by atoms with Gasteiger partial charge >= 0.3 is 0 Å². The van der Waals surface area contributed by atoms with Gasteiger partial charge in [-0.15, -0.1) is 0 Å². The molecule has 0 aromatic heterocycles. The van der Waals surface area contributed by atoms with Gasteiger partial charge in [-0.05, 0) is 63.0 Å². The molecule has 1 aliphatic rings. The van der Waals surface area contributed by atoms with Crippen LogP contribution in [0.1, 0.15) is 31.4 Å². The van der Waals surface area contributed by atoms with E-state index in [1.807, 2.05) is 12.1 Å². The molecule has 0 bridgehead atoms. The second-order valence-corrected chi connectivity index (χ2v) is 4.89. The lowest BCUT2D eigenvalue weighted by Crippen LogP contribution is -2.36. The van der Waals surface area contributed by atoms with Gasteiger partial charge in [-0.3, -0.25) is 0 Å². The fraction of sp³-hybridized carbons (Fsp3) is 0.571. The van der Waals surface area contributed by atoms with Crippen molar-refractivity contribution in [3.63, 3.8) is 0 Å². The van der Waals surface area contributed by atoms with Gasteiger partial charge in [0.2, 0.25) is 0 Å². The second-order valence-electron chi connectivity index (χ2n) is 4.89. The van der Waals surface area contributed by atoms with Gasteiger partial charge in [-0.2, -0.15) is 0 Å². The minimum absolute atomic E-state index is 0.169. The Hall–Kier alpha value is -0.930. The summed E-state index contributed by atoms with van der Waals surface area (Å²) >= 11 is 0. The van der Waals surface area contributed by atoms with Crippen LogP contribution in [0.15, 0.2) is 24.3 Å². The molecule has 1 aliphatic heterocycles. The Morgan fingerprint density at radius 3 is 2.82 bits per heavy atom. The topological polar surface area (TPSA) is 24.1 Å². The Morgan fingerprint density at radius 2 is 2.18 bits per heavy atom. The van der Waals surface area contributed by atoms with Crippen molar-refractivity contribution in [1.82, 2.24) is 10.6 Å². The average molecular weight is 236 g/mol. The highest BCUT2D eigenvalue weighted by Gasteiger charge is 2.14. The lowest BCUT2D eigenvalue weighted by atomic mass is 9.99. The number of piperidine rings is 1. The van der Waals surface area contributed by atoms with Gasteiger partial charge in [-0.1, -0.05) is 12.1 Å². The fourth-order valence-corrected chi connectivity index (χ4v) is 2.31. The summed E-state index contributed by atoms with van der Waals surface area (Å²) in [5.74, 6) is 0.559. The Balaban J connectivity index is 1.80. The van der Waals surface area contributed by atoms with Gasteiger partial charge in [0.05, 0.1) is 0 Å². The normalized spacial score (nSPS) is 22.4. The molecule has 0 spiro atoms. The third-order valence-electron chi connectivity index (χ3n) is 3.48. The van der Waals surface area contributed by atoms with Crippen LogP contribution in [0.4, 0.5) is 4.39 Å². The molecule has 1 saturated heterocycles. The highest BCUT2D eigenvalue weighted by atomic mass is 19.1. The van der Waals surface area contributed by atoms with Gasteiger partial charge in [0.1, 0.15) is 5.82 Å². The maximum Gasteiger partial charge on any atom is 0.123 e. The first-order chi connectivity index (χ1) is 8.25. The molecule has 1 fully saturated rings. The van der Waals surface area contributed by atoms with Crippen LogP contribution in [0.3, 0.4) is 0 Å².